The Morgan fingerprint density at radius 3 is 2.95 bits per heavy atom. The summed E-state index contributed by atoms with van der Waals surface area (Å²) in [4.78, 5) is 0. The quantitative estimate of drug-likeness (QED) is 0.790. The second kappa shape index (κ2) is 7.26. The molecule has 0 aliphatic carbocycles. The van der Waals surface area contributed by atoms with Gasteiger partial charge in [-0.2, -0.15) is 0 Å². The average Bonchev–Trinajstić information content (AvgIpc) is 2.87. The lowest BCUT2D eigenvalue weighted by Crippen LogP contribution is -2.16. The third kappa shape index (κ3) is 4.33. The SMILES string of the molecule is CCCNCCCc1nnc(-c2cccc(Cl)c2)o1. The van der Waals surface area contributed by atoms with Gasteiger partial charge in [0, 0.05) is 17.0 Å². The Labute approximate surface area is 118 Å². The second-order valence-corrected chi connectivity index (χ2v) is 4.80. The molecule has 0 unspecified atom stereocenters. The molecule has 4 nitrogen and oxygen atoms in total. The zero-order valence-corrected chi connectivity index (χ0v) is 11.8. The maximum atomic E-state index is 5.94. The molecule has 0 amide bonds. The fraction of sp³-hybridized carbons (Fsp3) is 0.429. The summed E-state index contributed by atoms with van der Waals surface area (Å²) in [5.41, 5.74) is 0.857. The number of nitrogens with one attached hydrogen (secondary N) is 1. The maximum Gasteiger partial charge on any atom is 0.247 e. The molecular weight excluding hydrogens is 262 g/mol. The minimum absolute atomic E-state index is 0.527. The molecule has 19 heavy (non-hydrogen) atoms. The molecule has 0 fully saturated rings. The number of hydrogen-bond acceptors (Lipinski definition) is 4. The van der Waals surface area contributed by atoms with E-state index >= 15 is 0 Å². The summed E-state index contributed by atoms with van der Waals surface area (Å²) in [5.74, 6) is 1.20. The molecular formula is C14H18ClN3O. The lowest BCUT2D eigenvalue weighted by molar-refractivity contribution is 0.491. The molecule has 1 N–H and O–H groups in total. The summed E-state index contributed by atoms with van der Waals surface area (Å²) in [5, 5.41) is 12.1. The normalized spacial score (nSPS) is 10.8. The number of rotatable bonds is 7. The molecule has 0 bridgehead atoms. The van der Waals surface area contributed by atoms with E-state index in [0.717, 1.165) is 37.9 Å². The van der Waals surface area contributed by atoms with Crippen molar-refractivity contribution in [2.45, 2.75) is 26.2 Å². The smallest absolute Gasteiger partial charge is 0.247 e. The molecule has 1 aromatic carbocycles. The lowest BCUT2D eigenvalue weighted by Gasteiger charge is -1.99. The Balaban J connectivity index is 1.88. The van der Waals surface area contributed by atoms with Crippen molar-refractivity contribution in [3.63, 3.8) is 0 Å². The Morgan fingerprint density at radius 1 is 1.26 bits per heavy atom. The molecule has 1 aromatic heterocycles. The first-order valence-corrected chi connectivity index (χ1v) is 6.96. The van der Waals surface area contributed by atoms with Gasteiger partial charge in [0.15, 0.2) is 0 Å². The number of hydrogen-bond donors (Lipinski definition) is 1. The molecule has 5 heteroatoms. The van der Waals surface area contributed by atoms with Gasteiger partial charge in [0.05, 0.1) is 0 Å². The van der Waals surface area contributed by atoms with Crippen LogP contribution in [0.4, 0.5) is 0 Å². The molecule has 0 aliphatic heterocycles. The number of aromatic nitrogens is 2. The lowest BCUT2D eigenvalue weighted by atomic mass is 10.2. The van der Waals surface area contributed by atoms with E-state index < -0.39 is 0 Å². The van der Waals surface area contributed by atoms with Crippen LogP contribution in [0.3, 0.4) is 0 Å². The monoisotopic (exact) mass is 279 g/mol. The summed E-state index contributed by atoms with van der Waals surface area (Å²) in [6.45, 7) is 4.18. The number of aryl methyl sites for hydroxylation is 1. The Kier molecular flexibility index (Phi) is 5.36. The zero-order valence-electron chi connectivity index (χ0n) is 11.0. The second-order valence-electron chi connectivity index (χ2n) is 4.36. The predicted octanol–water partition coefficient (Wildman–Crippen LogP) is 3.32. The van der Waals surface area contributed by atoms with Crippen LogP contribution >= 0.6 is 11.6 Å². The highest BCUT2D eigenvalue weighted by atomic mass is 35.5. The summed E-state index contributed by atoms with van der Waals surface area (Å²) >= 11 is 5.94. The Bertz CT molecular complexity index is 513. The van der Waals surface area contributed by atoms with Gasteiger partial charge in [-0.3, -0.25) is 0 Å². The molecule has 102 valence electrons. The first-order chi connectivity index (χ1) is 9.29. The van der Waals surface area contributed by atoms with Crippen LogP contribution < -0.4 is 5.32 Å². The summed E-state index contributed by atoms with van der Waals surface area (Å²) < 4.78 is 5.62. The molecule has 2 rings (SSSR count). The highest BCUT2D eigenvalue weighted by molar-refractivity contribution is 6.30. The highest BCUT2D eigenvalue weighted by Gasteiger charge is 2.08. The number of benzene rings is 1. The van der Waals surface area contributed by atoms with Gasteiger partial charge in [-0.25, -0.2) is 0 Å². The van der Waals surface area contributed by atoms with E-state index in [4.69, 9.17) is 16.0 Å². The van der Waals surface area contributed by atoms with Crippen molar-refractivity contribution in [3.05, 3.63) is 35.2 Å². The molecule has 0 saturated carbocycles. The van der Waals surface area contributed by atoms with Gasteiger partial charge in [-0.15, -0.1) is 10.2 Å². The fourth-order valence-corrected chi connectivity index (χ4v) is 1.95. The molecule has 0 atom stereocenters. The van der Waals surface area contributed by atoms with E-state index in [1.165, 1.54) is 0 Å². The van der Waals surface area contributed by atoms with E-state index in [1.54, 1.807) is 0 Å². The van der Waals surface area contributed by atoms with Crippen LogP contribution in [-0.4, -0.2) is 23.3 Å². The molecule has 0 saturated heterocycles. The standard InChI is InChI=1S/C14H18ClN3O/c1-2-8-16-9-4-7-13-17-18-14(19-13)11-5-3-6-12(15)10-11/h3,5-6,10,16H,2,4,7-9H2,1H3. The number of halogens is 1. The number of nitrogens with zero attached hydrogens (tertiary/aromatic N) is 2. The van der Waals surface area contributed by atoms with E-state index in [2.05, 4.69) is 22.4 Å². The van der Waals surface area contributed by atoms with Gasteiger partial charge < -0.3 is 9.73 Å². The van der Waals surface area contributed by atoms with Crippen molar-refractivity contribution in [2.75, 3.05) is 13.1 Å². The Hall–Kier alpha value is -1.39. The zero-order chi connectivity index (χ0) is 13.5. The molecule has 2 aromatic rings. The van der Waals surface area contributed by atoms with Crippen LogP contribution in [0.5, 0.6) is 0 Å². The van der Waals surface area contributed by atoms with E-state index in [0.29, 0.717) is 16.8 Å². The van der Waals surface area contributed by atoms with Crippen molar-refractivity contribution >= 4 is 11.6 Å². The minimum atomic E-state index is 0.527. The highest BCUT2D eigenvalue weighted by Crippen LogP contribution is 2.21. The molecule has 0 radical (unpaired) electrons. The van der Waals surface area contributed by atoms with Crippen LogP contribution in [0, 0.1) is 0 Å². The first kappa shape index (κ1) is 14.0. The van der Waals surface area contributed by atoms with Crippen molar-refractivity contribution in [2.24, 2.45) is 0 Å². The third-order valence-corrected chi connectivity index (χ3v) is 2.94. The van der Waals surface area contributed by atoms with Crippen LogP contribution in [0.15, 0.2) is 28.7 Å². The van der Waals surface area contributed by atoms with Gasteiger partial charge >= 0.3 is 0 Å². The topological polar surface area (TPSA) is 51.0 Å². The van der Waals surface area contributed by atoms with E-state index in [-0.39, 0.29) is 0 Å². The van der Waals surface area contributed by atoms with Gasteiger partial charge in [-0.1, -0.05) is 24.6 Å². The van der Waals surface area contributed by atoms with Gasteiger partial charge in [-0.05, 0) is 44.1 Å². The third-order valence-electron chi connectivity index (χ3n) is 2.71. The van der Waals surface area contributed by atoms with Crippen LogP contribution in [0.2, 0.25) is 5.02 Å². The molecule has 0 aliphatic rings. The van der Waals surface area contributed by atoms with Crippen molar-refractivity contribution in [3.8, 4) is 11.5 Å². The van der Waals surface area contributed by atoms with Crippen LogP contribution in [-0.2, 0) is 6.42 Å². The summed E-state index contributed by atoms with van der Waals surface area (Å²) in [7, 11) is 0. The van der Waals surface area contributed by atoms with E-state index in [1.807, 2.05) is 24.3 Å². The van der Waals surface area contributed by atoms with Crippen molar-refractivity contribution in [1.82, 2.24) is 15.5 Å². The van der Waals surface area contributed by atoms with E-state index in [9.17, 15) is 0 Å². The maximum absolute atomic E-state index is 5.94. The van der Waals surface area contributed by atoms with Gasteiger partial charge in [0.1, 0.15) is 0 Å². The van der Waals surface area contributed by atoms with Crippen molar-refractivity contribution in [1.29, 1.82) is 0 Å². The largest absolute Gasteiger partial charge is 0.421 e. The van der Waals surface area contributed by atoms with Gasteiger partial charge in [0.2, 0.25) is 11.8 Å². The average molecular weight is 280 g/mol. The summed E-state index contributed by atoms with van der Waals surface area (Å²) in [6.07, 6.45) is 2.95. The summed E-state index contributed by atoms with van der Waals surface area (Å²) in [6, 6.07) is 7.42. The molecule has 0 spiro atoms. The van der Waals surface area contributed by atoms with Gasteiger partial charge in [0.25, 0.3) is 0 Å². The first-order valence-electron chi connectivity index (χ1n) is 6.58. The van der Waals surface area contributed by atoms with Crippen LogP contribution in [0.1, 0.15) is 25.7 Å². The Morgan fingerprint density at radius 2 is 2.16 bits per heavy atom. The molecule has 1 heterocycles. The van der Waals surface area contributed by atoms with Crippen LogP contribution in [0.25, 0.3) is 11.5 Å². The minimum Gasteiger partial charge on any atom is -0.421 e. The fourth-order valence-electron chi connectivity index (χ4n) is 1.76. The van der Waals surface area contributed by atoms with Crippen molar-refractivity contribution < 1.29 is 4.42 Å². The predicted molar refractivity (Wildman–Crippen MR) is 76.2 cm³/mol.